The van der Waals surface area contributed by atoms with Gasteiger partial charge in [0.15, 0.2) is 5.76 Å². The largest absolute Gasteiger partial charge is 0.488 e. The van der Waals surface area contributed by atoms with Crippen molar-refractivity contribution >= 4 is 27.5 Å². The number of aliphatic hydroxyl groups excluding tert-OH is 1. The van der Waals surface area contributed by atoms with E-state index < -0.39 is 22.2 Å². The van der Waals surface area contributed by atoms with E-state index in [4.69, 9.17) is 9.26 Å². The van der Waals surface area contributed by atoms with E-state index in [1.165, 1.54) is 11.4 Å². The average molecular weight is 577 g/mol. The molecule has 0 radical (unpaired) electrons. The molecule has 11 nitrogen and oxygen atoms in total. The minimum Gasteiger partial charge on any atom is -0.488 e. The molecule has 220 valence electrons. The summed E-state index contributed by atoms with van der Waals surface area (Å²) in [4.78, 5) is 28.2. The average Bonchev–Trinajstić information content (AvgIpc) is 3.29. The summed E-state index contributed by atoms with van der Waals surface area (Å²) < 4.78 is 39.4. The SMILES string of the molecule is Cc1noc(C)c1S(=O)(=O)N(C)C[C@H]1Oc2ccc(NC(=O)C3CCCCC3)cc2C(=O)N([C@H](C)CO)C[C@@H]1C. The molecule has 0 spiro atoms. The quantitative estimate of drug-likeness (QED) is 0.487. The molecule has 2 N–H and O–H groups in total. The number of rotatable bonds is 8. The molecule has 40 heavy (non-hydrogen) atoms. The molecule has 0 unspecified atom stereocenters. The molecule has 1 fully saturated rings. The Morgan fingerprint density at radius 3 is 2.58 bits per heavy atom. The van der Waals surface area contributed by atoms with Crippen LogP contribution in [0.5, 0.6) is 5.75 Å². The van der Waals surface area contributed by atoms with Crippen molar-refractivity contribution < 1.29 is 32.4 Å². The number of benzene rings is 1. The summed E-state index contributed by atoms with van der Waals surface area (Å²) in [5.74, 6) is -0.217. The fourth-order valence-electron chi connectivity index (χ4n) is 5.48. The molecule has 1 saturated carbocycles. The number of aryl methyl sites for hydroxylation is 2. The van der Waals surface area contributed by atoms with Crippen molar-refractivity contribution in [3.8, 4) is 5.75 Å². The van der Waals surface area contributed by atoms with E-state index in [1.54, 1.807) is 43.9 Å². The van der Waals surface area contributed by atoms with Crippen LogP contribution in [0.2, 0.25) is 0 Å². The summed E-state index contributed by atoms with van der Waals surface area (Å²) in [6, 6.07) is 4.46. The lowest BCUT2D eigenvalue weighted by molar-refractivity contribution is -0.120. The number of hydrogen-bond donors (Lipinski definition) is 2. The van der Waals surface area contributed by atoms with Crippen LogP contribution in [0.25, 0.3) is 0 Å². The highest BCUT2D eigenvalue weighted by Gasteiger charge is 2.37. The number of hydrogen-bond acceptors (Lipinski definition) is 8. The lowest BCUT2D eigenvalue weighted by atomic mass is 9.88. The second kappa shape index (κ2) is 12.3. The van der Waals surface area contributed by atoms with E-state index >= 15 is 0 Å². The van der Waals surface area contributed by atoms with Crippen molar-refractivity contribution in [2.24, 2.45) is 11.8 Å². The van der Waals surface area contributed by atoms with Gasteiger partial charge in [0.2, 0.25) is 15.9 Å². The van der Waals surface area contributed by atoms with Crippen LogP contribution in [-0.4, -0.2) is 78.6 Å². The molecule has 2 amide bonds. The van der Waals surface area contributed by atoms with Crippen molar-refractivity contribution in [1.82, 2.24) is 14.4 Å². The maximum atomic E-state index is 13.7. The lowest BCUT2D eigenvalue weighted by Gasteiger charge is -2.38. The zero-order valence-electron chi connectivity index (χ0n) is 23.8. The van der Waals surface area contributed by atoms with E-state index in [9.17, 15) is 23.1 Å². The fraction of sp³-hybridized carbons (Fsp3) is 0.607. The number of anilines is 1. The zero-order valence-corrected chi connectivity index (χ0v) is 24.7. The highest BCUT2D eigenvalue weighted by atomic mass is 32.2. The number of fused-ring (bicyclic) bond motifs is 1. The fourth-order valence-corrected chi connectivity index (χ4v) is 6.94. The van der Waals surface area contributed by atoms with Crippen LogP contribution < -0.4 is 10.1 Å². The van der Waals surface area contributed by atoms with Crippen LogP contribution in [0, 0.1) is 25.7 Å². The number of carbonyl (C=O) groups is 2. The zero-order chi connectivity index (χ0) is 29.2. The second-order valence-corrected chi connectivity index (χ2v) is 13.1. The monoisotopic (exact) mass is 576 g/mol. The van der Waals surface area contributed by atoms with Crippen molar-refractivity contribution in [3.05, 3.63) is 35.2 Å². The third-order valence-electron chi connectivity index (χ3n) is 7.98. The van der Waals surface area contributed by atoms with Crippen LogP contribution in [0.1, 0.15) is 67.8 Å². The molecule has 0 saturated heterocycles. The van der Waals surface area contributed by atoms with Crippen LogP contribution in [0.15, 0.2) is 27.6 Å². The van der Waals surface area contributed by atoms with Gasteiger partial charge in [0.05, 0.1) is 24.8 Å². The van der Waals surface area contributed by atoms with E-state index in [1.807, 2.05) is 6.92 Å². The molecule has 2 heterocycles. The Kier molecular flexibility index (Phi) is 9.21. The van der Waals surface area contributed by atoms with E-state index in [2.05, 4.69) is 10.5 Å². The lowest BCUT2D eigenvalue weighted by Crippen LogP contribution is -2.50. The molecule has 4 rings (SSSR count). The molecule has 3 atom stereocenters. The second-order valence-electron chi connectivity index (χ2n) is 11.1. The van der Waals surface area contributed by atoms with Crippen molar-refractivity contribution in [3.63, 3.8) is 0 Å². The summed E-state index contributed by atoms with van der Waals surface area (Å²) in [5, 5.41) is 16.6. The van der Waals surface area contributed by atoms with Crippen LogP contribution in [0.4, 0.5) is 5.69 Å². The molecule has 0 bridgehead atoms. The van der Waals surface area contributed by atoms with Gasteiger partial charge in [-0.05, 0) is 51.8 Å². The number of ether oxygens (including phenoxy) is 1. The van der Waals surface area contributed by atoms with Crippen molar-refractivity contribution in [2.45, 2.75) is 76.8 Å². The third kappa shape index (κ3) is 6.18. The topological polar surface area (TPSA) is 142 Å². The predicted molar refractivity (Wildman–Crippen MR) is 149 cm³/mol. The Morgan fingerprint density at radius 2 is 1.95 bits per heavy atom. The standard InChI is InChI=1S/C28H40N4O7S/c1-17-14-32(18(2)16-33)28(35)23-13-22(29-27(34)21-9-7-6-8-10-21)11-12-24(23)38-25(17)15-31(5)40(36,37)26-19(3)30-39-20(26)4/h11-13,17-18,21,25,33H,6-10,14-16H2,1-5H3,(H,29,34)/t17-,18+,25+/m0/s1. The predicted octanol–water partition coefficient (Wildman–Crippen LogP) is 3.35. The molecule has 1 aromatic carbocycles. The molecule has 1 aliphatic heterocycles. The van der Waals surface area contributed by atoms with Gasteiger partial charge in [-0.25, -0.2) is 8.42 Å². The number of likely N-dealkylation sites (N-methyl/N-ethyl adjacent to an activating group) is 1. The number of sulfonamides is 1. The summed E-state index contributed by atoms with van der Waals surface area (Å²) in [6.45, 7) is 6.77. The maximum Gasteiger partial charge on any atom is 0.258 e. The Labute approximate surface area is 235 Å². The van der Waals surface area contributed by atoms with E-state index in [0.717, 1.165) is 32.1 Å². The Morgan fingerprint density at radius 1 is 1.25 bits per heavy atom. The first-order valence-electron chi connectivity index (χ1n) is 13.9. The number of nitrogens with one attached hydrogen (secondary N) is 1. The Hall–Kier alpha value is -2.96. The highest BCUT2D eigenvalue weighted by molar-refractivity contribution is 7.89. The maximum absolute atomic E-state index is 13.7. The molecule has 2 aromatic rings. The summed E-state index contributed by atoms with van der Waals surface area (Å²) in [5.41, 5.74) is 1.01. The summed E-state index contributed by atoms with van der Waals surface area (Å²) in [6.07, 6.45) is 4.28. The minimum atomic E-state index is -3.93. The molecule has 12 heteroatoms. The molecular formula is C28H40N4O7S. The van der Waals surface area contributed by atoms with Gasteiger partial charge in [-0.15, -0.1) is 0 Å². The molecule has 2 aliphatic rings. The van der Waals surface area contributed by atoms with Crippen molar-refractivity contribution in [2.75, 3.05) is 32.1 Å². The Bertz CT molecular complexity index is 1320. The van der Waals surface area contributed by atoms with Gasteiger partial charge in [-0.2, -0.15) is 4.31 Å². The van der Waals surface area contributed by atoms with Gasteiger partial charge in [-0.1, -0.05) is 31.3 Å². The molecule has 1 aliphatic carbocycles. The van der Waals surface area contributed by atoms with Crippen LogP contribution >= 0.6 is 0 Å². The Balaban J connectivity index is 1.64. The normalized spacial score (nSPS) is 21.4. The van der Waals surface area contributed by atoms with E-state index in [-0.39, 0.29) is 71.0 Å². The number of amides is 2. The number of aliphatic hydroxyl groups is 1. The number of carbonyl (C=O) groups excluding carboxylic acids is 2. The first-order chi connectivity index (χ1) is 18.9. The molecular weight excluding hydrogens is 536 g/mol. The van der Waals surface area contributed by atoms with Gasteiger partial charge >= 0.3 is 0 Å². The summed E-state index contributed by atoms with van der Waals surface area (Å²) in [7, 11) is -2.45. The highest BCUT2D eigenvalue weighted by Crippen LogP contribution is 2.32. The third-order valence-corrected chi connectivity index (χ3v) is 10.0. The van der Waals surface area contributed by atoms with Crippen molar-refractivity contribution in [1.29, 1.82) is 0 Å². The van der Waals surface area contributed by atoms with Gasteiger partial charge in [0.25, 0.3) is 5.91 Å². The van der Waals surface area contributed by atoms with Gasteiger partial charge in [0, 0.05) is 31.1 Å². The van der Waals surface area contributed by atoms with E-state index in [0.29, 0.717) is 5.69 Å². The van der Waals surface area contributed by atoms with Gasteiger partial charge in [-0.3, -0.25) is 9.59 Å². The van der Waals surface area contributed by atoms with Gasteiger partial charge in [0.1, 0.15) is 22.4 Å². The minimum absolute atomic E-state index is 0.00268. The smallest absolute Gasteiger partial charge is 0.258 e. The first-order valence-corrected chi connectivity index (χ1v) is 15.3. The summed E-state index contributed by atoms with van der Waals surface area (Å²) >= 11 is 0. The van der Waals surface area contributed by atoms with Crippen LogP contribution in [0.3, 0.4) is 0 Å². The number of aromatic nitrogens is 1. The van der Waals surface area contributed by atoms with Gasteiger partial charge < -0.3 is 24.6 Å². The first kappa shape index (κ1) is 30.0. The van der Waals surface area contributed by atoms with Crippen LogP contribution in [-0.2, 0) is 14.8 Å². The molecule has 1 aromatic heterocycles. The number of nitrogens with zero attached hydrogens (tertiary/aromatic N) is 3.